The van der Waals surface area contributed by atoms with Crippen LogP contribution in [0.25, 0.3) is 6.08 Å². The highest BCUT2D eigenvalue weighted by Gasteiger charge is 2.28. The number of fused-ring (bicyclic) bond motifs is 1. The molecular formula is C12H16S2. The molecule has 0 aromatic carbocycles. The first-order valence-corrected chi connectivity index (χ1v) is 6.26. The molecule has 1 aromatic rings. The Bertz CT molecular complexity index is 372. The lowest BCUT2D eigenvalue weighted by Crippen LogP contribution is -2.21. The summed E-state index contributed by atoms with van der Waals surface area (Å²) in [5.74, 6) is 0. The van der Waals surface area contributed by atoms with Crippen LogP contribution in [0.4, 0.5) is 0 Å². The Labute approximate surface area is 95.5 Å². The maximum absolute atomic E-state index is 4.51. The molecule has 0 saturated heterocycles. The lowest BCUT2D eigenvalue weighted by atomic mass is 9.76. The van der Waals surface area contributed by atoms with Crippen molar-refractivity contribution >= 4 is 30.0 Å². The molecular weight excluding hydrogens is 208 g/mol. The Balaban J connectivity index is 2.49. The summed E-state index contributed by atoms with van der Waals surface area (Å²) in [6.45, 7) is 8.57. The molecule has 1 aliphatic rings. The number of thiophene rings is 1. The van der Waals surface area contributed by atoms with Gasteiger partial charge in [-0.05, 0) is 30.2 Å². The van der Waals surface area contributed by atoms with E-state index in [-0.39, 0.29) is 0 Å². The topological polar surface area (TPSA) is 0 Å². The lowest BCUT2D eigenvalue weighted by Gasteiger charge is -2.29. The third-order valence-corrected chi connectivity index (χ3v) is 4.63. The molecule has 76 valence electrons. The van der Waals surface area contributed by atoms with Gasteiger partial charge in [-0.1, -0.05) is 26.5 Å². The van der Waals surface area contributed by atoms with Crippen LogP contribution in [0.3, 0.4) is 0 Å². The van der Waals surface area contributed by atoms with E-state index >= 15 is 0 Å². The van der Waals surface area contributed by atoms with E-state index < -0.39 is 0 Å². The van der Waals surface area contributed by atoms with Crippen molar-refractivity contribution in [2.24, 2.45) is 5.41 Å². The van der Waals surface area contributed by atoms with E-state index in [1.54, 1.807) is 0 Å². The van der Waals surface area contributed by atoms with Gasteiger partial charge in [0.25, 0.3) is 0 Å². The van der Waals surface area contributed by atoms with Crippen LogP contribution in [-0.4, -0.2) is 0 Å². The third kappa shape index (κ3) is 1.66. The first-order valence-electron chi connectivity index (χ1n) is 4.99. The summed E-state index contributed by atoms with van der Waals surface area (Å²) in [4.78, 5) is 1.53. The summed E-state index contributed by atoms with van der Waals surface area (Å²) in [5, 5.41) is 0. The van der Waals surface area contributed by atoms with Crippen LogP contribution in [0, 0.1) is 5.41 Å². The van der Waals surface area contributed by atoms with Crippen molar-refractivity contribution in [3.63, 3.8) is 0 Å². The summed E-state index contributed by atoms with van der Waals surface area (Å²) >= 11 is 6.34. The van der Waals surface area contributed by atoms with Gasteiger partial charge in [-0.25, -0.2) is 0 Å². The molecule has 0 fully saturated rings. The highest BCUT2D eigenvalue weighted by molar-refractivity contribution is 7.83. The second-order valence-electron chi connectivity index (χ2n) is 4.77. The third-order valence-electron chi connectivity index (χ3n) is 3.00. The summed E-state index contributed by atoms with van der Waals surface area (Å²) in [6, 6.07) is 0. The van der Waals surface area contributed by atoms with Crippen molar-refractivity contribution in [1.82, 2.24) is 0 Å². The Morgan fingerprint density at radius 2 is 2.21 bits per heavy atom. The van der Waals surface area contributed by atoms with Crippen molar-refractivity contribution < 1.29 is 0 Å². The van der Waals surface area contributed by atoms with Gasteiger partial charge in [-0.2, -0.15) is 0 Å². The molecule has 1 heterocycles. The number of hydrogen-bond donors (Lipinski definition) is 1. The van der Waals surface area contributed by atoms with E-state index in [9.17, 15) is 0 Å². The first kappa shape index (κ1) is 10.3. The number of aryl methyl sites for hydroxylation is 1. The molecule has 14 heavy (non-hydrogen) atoms. The van der Waals surface area contributed by atoms with Gasteiger partial charge in [0.05, 0.1) is 4.21 Å². The van der Waals surface area contributed by atoms with Gasteiger partial charge in [-0.3, -0.25) is 0 Å². The van der Waals surface area contributed by atoms with Gasteiger partial charge in [0.1, 0.15) is 0 Å². The van der Waals surface area contributed by atoms with Crippen LogP contribution in [0.1, 0.15) is 36.3 Å². The maximum atomic E-state index is 4.51. The zero-order chi connectivity index (χ0) is 10.3. The van der Waals surface area contributed by atoms with Gasteiger partial charge in [0, 0.05) is 10.4 Å². The molecule has 1 aliphatic carbocycles. The summed E-state index contributed by atoms with van der Waals surface area (Å²) in [7, 11) is 0. The zero-order valence-electron chi connectivity index (χ0n) is 8.76. The van der Waals surface area contributed by atoms with Crippen LogP contribution in [-0.2, 0) is 12.8 Å². The van der Waals surface area contributed by atoms with Gasteiger partial charge in [0.15, 0.2) is 0 Å². The average Bonchev–Trinajstić information content (AvgIpc) is 2.39. The zero-order valence-corrected chi connectivity index (χ0v) is 10.5. The second kappa shape index (κ2) is 3.42. The van der Waals surface area contributed by atoms with E-state index in [4.69, 9.17) is 0 Å². The van der Waals surface area contributed by atoms with Gasteiger partial charge in [0.2, 0.25) is 0 Å². The molecule has 0 N–H and O–H groups in total. The Kier molecular flexibility index (Phi) is 2.52. The Morgan fingerprint density at radius 1 is 1.50 bits per heavy atom. The molecule has 2 rings (SSSR count). The van der Waals surface area contributed by atoms with Crippen LogP contribution in [0.2, 0.25) is 0 Å². The monoisotopic (exact) mass is 224 g/mol. The largest absolute Gasteiger partial charge is 0.133 e. The van der Waals surface area contributed by atoms with Crippen LogP contribution >= 0.6 is 24.0 Å². The molecule has 0 bridgehead atoms. The fraction of sp³-hybridized carbons (Fsp3) is 0.500. The van der Waals surface area contributed by atoms with Gasteiger partial charge in [-0.15, -0.1) is 24.0 Å². The maximum Gasteiger partial charge on any atom is 0.0646 e. The van der Waals surface area contributed by atoms with Crippen LogP contribution in [0.15, 0.2) is 10.8 Å². The van der Waals surface area contributed by atoms with E-state index in [2.05, 4.69) is 33.1 Å². The fourth-order valence-corrected chi connectivity index (χ4v) is 3.75. The summed E-state index contributed by atoms with van der Waals surface area (Å²) in [5.41, 5.74) is 3.24. The standard InChI is InChI=1S/C12H16S2/c1-4-8-9-7-12(2,3)6-5-10(9)14-11(8)13/h4,13H,1,5-7H2,2-3H3. The normalized spacial score (nSPS) is 19.1. The lowest BCUT2D eigenvalue weighted by molar-refractivity contribution is 0.317. The van der Waals surface area contributed by atoms with Crippen molar-refractivity contribution in [2.75, 3.05) is 0 Å². The molecule has 0 spiro atoms. The smallest absolute Gasteiger partial charge is 0.0646 e. The highest BCUT2D eigenvalue weighted by Crippen LogP contribution is 2.42. The summed E-state index contributed by atoms with van der Waals surface area (Å²) in [6.07, 6.45) is 5.65. The van der Waals surface area contributed by atoms with Gasteiger partial charge < -0.3 is 0 Å². The average molecular weight is 224 g/mol. The van der Waals surface area contributed by atoms with E-state index in [1.807, 2.05) is 17.4 Å². The van der Waals surface area contributed by atoms with Crippen LogP contribution in [0.5, 0.6) is 0 Å². The number of hydrogen-bond acceptors (Lipinski definition) is 2. The molecule has 0 amide bonds. The van der Waals surface area contributed by atoms with Crippen molar-refractivity contribution in [3.05, 3.63) is 22.6 Å². The van der Waals surface area contributed by atoms with E-state index in [0.29, 0.717) is 5.41 Å². The number of rotatable bonds is 1. The van der Waals surface area contributed by atoms with E-state index in [1.165, 1.54) is 35.3 Å². The fourth-order valence-electron chi connectivity index (χ4n) is 2.14. The minimum Gasteiger partial charge on any atom is -0.133 e. The second-order valence-corrected chi connectivity index (χ2v) is 6.62. The van der Waals surface area contributed by atoms with E-state index in [0.717, 1.165) is 4.21 Å². The molecule has 2 heteroatoms. The predicted molar refractivity (Wildman–Crippen MR) is 67.5 cm³/mol. The molecule has 0 unspecified atom stereocenters. The number of thiol groups is 1. The molecule has 1 aromatic heterocycles. The van der Waals surface area contributed by atoms with Crippen LogP contribution < -0.4 is 0 Å². The molecule has 0 atom stereocenters. The highest BCUT2D eigenvalue weighted by atomic mass is 32.2. The Morgan fingerprint density at radius 3 is 2.86 bits per heavy atom. The quantitative estimate of drug-likeness (QED) is 0.679. The van der Waals surface area contributed by atoms with Crippen molar-refractivity contribution in [3.8, 4) is 0 Å². The minimum absolute atomic E-state index is 0.450. The summed E-state index contributed by atoms with van der Waals surface area (Å²) < 4.78 is 1.14. The SMILES string of the molecule is C=Cc1c(S)sc2c1CC(C)(C)CC2. The molecule has 0 radical (unpaired) electrons. The Hall–Kier alpha value is -0.210. The predicted octanol–water partition coefficient (Wildman–Crippen LogP) is 4.19. The van der Waals surface area contributed by atoms with Gasteiger partial charge >= 0.3 is 0 Å². The van der Waals surface area contributed by atoms with Crippen molar-refractivity contribution in [1.29, 1.82) is 0 Å². The van der Waals surface area contributed by atoms with Crippen molar-refractivity contribution in [2.45, 2.75) is 37.3 Å². The molecule has 0 aliphatic heterocycles. The molecule has 0 nitrogen and oxygen atoms in total. The molecule has 0 saturated carbocycles. The first-order chi connectivity index (χ1) is 6.53. The minimum atomic E-state index is 0.450.